The fourth-order valence-corrected chi connectivity index (χ4v) is 1.35. The van der Waals surface area contributed by atoms with Crippen molar-refractivity contribution in [1.29, 1.82) is 0 Å². The summed E-state index contributed by atoms with van der Waals surface area (Å²) in [6, 6.07) is 1.93. The van der Waals surface area contributed by atoms with Gasteiger partial charge in [-0.15, -0.1) is 0 Å². The number of aromatic nitrogens is 2. The molecule has 1 rings (SSSR count). The molecule has 0 saturated carbocycles. The van der Waals surface area contributed by atoms with Gasteiger partial charge in [-0.1, -0.05) is 0 Å². The fraction of sp³-hybridized carbons (Fsp3) is 0.700. The summed E-state index contributed by atoms with van der Waals surface area (Å²) in [5.41, 5.74) is 0.0297. The van der Waals surface area contributed by atoms with Crippen molar-refractivity contribution in [1.82, 2.24) is 15.1 Å². The topological polar surface area (TPSA) is 39.1 Å². The van der Waals surface area contributed by atoms with E-state index in [1.165, 1.54) is 0 Å². The molecular formula is C10H19N3O. The molecule has 1 aromatic rings. The fourth-order valence-electron chi connectivity index (χ4n) is 1.35. The predicted octanol–water partition coefficient (Wildman–Crippen LogP) is 0.898. The van der Waals surface area contributed by atoms with E-state index in [0.717, 1.165) is 13.1 Å². The Bertz CT molecular complexity index is 244. The van der Waals surface area contributed by atoms with Gasteiger partial charge < -0.3 is 10.1 Å². The molecule has 0 atom stereocenters. The van der Waals surface area contributed by atoms with Gasteiger partial charge in [0.25, 0.3) is 0 Å². The summed E-state index contributed by atoms with van der Waals surface area (Å²) in [6.45, 7) is 6.75. The number of hydrogen-bond acceptors (Lipinski definition) is 3. The minimum Gasteiger partial charge on any atom is -0.383 e. The molecule has 14 heavy (non-hydrogen) atoms. The van der Waals surface area contributed by atoms with Gasteiger partial charge in [0.2, 0.25) is 0 Å². The second kappa shape index (κ2) is 5.12. The molecule has 4 nitrogen and oxygen atoms in total. The molecule has 0 amide bonds. The molecule has 0 aliphatic carbocycles. The van der Waals surface area contributed by atoms with Crippen LogP contribution in [0.25, 0.3) is 0 Å². The van der Waals surface area contributed by atoms with Crippen molar-refractivity contribution in [3.05, 3.63) is 18.5 Å². The smallest absolute Gasteiger partial charge is 0.0639 e. The van der Waals surface area contributed by atoms with Crippen LogP contribution < -0.4 is 5.32 Å². The summed E-state index contributed by atoms with van der Waals surface area (Å²) in [5, 5.41) is 7.54. The summed E-state index contributed by atoms with van der Waals surface area (Å²) in [4.78, 5) is 0. The Morgan fingerprint density at radius 1 is 1.50 bits per heavy atom. The van der Waals surface area contributed by atoms with E-state index in [-0.39, 0.29) is 5.54 Å². The lowest BCUT2D eigenvalue weighted by molar-refractivity contribution is 0.128. The molecule has 80 valence electrons. The Morgan fingerprint density at radius 2 is 2.29 bits per heavy atom. The van der Waals surface area contributed by atoms with Crippen molar-refractivity contribution >= 4 is 0 Å². The van der Waals surface area contributed by atoms with Crippen molar-refractivity contribution < 1.29 is 4.74 Å². The lowest BCUT2D eigenvalue weighted by Crippen LogP contribution is -2.44. The Hall–Kier alpha value is -0.870. The first-order chi connectivity index (χ1) is 6.64. The number of hydrogen-bond donors (Lipinski definition) is 1. The summed E-state index contributed by atoms with van der Waals surface area (Å²) in [6.07, 6.45) is 3.76. The Kier molecular flexibility index (Phi) is 4.10. The summed E-state index contributed by atoms with van der Waals surface area (Å²) in [7, 11) is 1.72. The van der Waals surface area contributed by atoms with Crippen LogP contribution >= 0.6 is 0 Å². The second-order valence-electron chi connectivity index (χ2n) is 4.01. The van der Waals surface area contributed by atoms with E-state index in [4.69, 9.17) is 4.74 Å². The normalized spacial score (nSPS) is 11.9. The first kappa shape index (κ1) is 11.2. The number of nitrogens with zero attached hydrogens (tertiary/aromatic N) is 2. The van der Waals surface area contributed by atoms with E-state index in [2.05, 4.69) is 24.3 Å². The lowest BCUT2D eigenvalue weighted by Gasteiger charge is -2.25. The molecule has 1 N–H and O–H groups in total. The average molecular weight is 197 g/mol. The van der Waals surface area contributed by atoms with Gasteiger partial charge in [0.1, 0.15) is 0 Å². The van der Waals surface area contributed by atoms with Gasteiger partial charge in [-0.25, -0.2) is 0 Å². The molecule has 0 saturated heterocycles. The van der Waals surface area contributed by atoms with Gasteiger partial charge >= 0.3 is 0 Å². The zero-order valence-corrected chi connectivity index (χ0v) is 9.16. The van der Waals surface area contributed by atoms with Gasteiger partial charge in [0, 0.05) is 31.6 Å². The molecule has 0 aliphatic rings. The maximum atomic E-state index is 5.11. The van der Waals surface area contributed by atoms with Crippen LogP contribution in [0.15, 0.2) is 18.5 Å². The second-order valence-corrected chi connectivity index (χ2v) is 4.01. The van der Waals surface area contributed by atoms with Crippen LogP contribution in [0.3, 0.4) is 0 Å². The molecule has 4 heteroatoms. The van der Waals surface area contributed by atoms with E-state index in [0.29, 0.717) is 6.61 Å². The average Bonchev–Trinajstić information content (AvgIpc) is 2.56. The van der Waals surface area contributed by atoms with Crippen LogP contribution in [0.1, 0.15) is 13.8 Å². The largest absolute Gasteiger partial charge is 0.383 e. The Labute approximate surface area is 85.3 Å². The third-order valence-corrected chi connectivity index (χ3v) is 2.01. The highest BCUT2D eigenvalue weighted by atomic mass is 16.5. The van der Waals surface area contributed by atoms with Crippen LogP contribution in [0.5, 0.6) is 0 Å². The maximum Gasteiger partial charge on any atom is 0.0639 e. The highest BCUT2D eigenvalue weighted by molar-refractivity contribution is 4.79. The summed E-state index contributed by atoms with van der Waals surface area (Å²) < 4.78 is 7.02. The summed E-state index contributed by atoms with van der Waals surface area (Å²) >= 11 is 0. The van der Waals surface area contributed by atoms with Gasteiger partial charge in [-0.3, -0.25) is 4.68 Å². The van der Waals surface area contributed by atoms with Crippen molar-refractivity contribution in [3.8, 4) is 0 Å². The van der Waals surface area contributed by atoms with Gasteiger partial charge in [0.05, 0.1) is 13.2 Å². The third-order valence-electron chi connectivity index (χ3n) is 2.01. The van der Waals surface area contributed by atoms with Gasteiger partial charge in [0.15, 0.2) is 0 Å². The quantitative estimate of drug-likeness (QED) is 0.736. The van der Waals surface area contributed by atoms with Crippen LogP contribution in [0, 0.1) is 0 Å². The van der Waals surface area contributed by atoms with E-state index in [1.54, 1.807) is 13.3 Å². The molecule has 0 aliphatic heterocycles. The number of ether oxygens (including phenoxy) is 1. The minimum absolute atomic E-state index is 0.0297. The molecule has 0 fully saturated rings. The standard InChI is InChI=1S/C10H19N3O/c1-10(2,9-14-3)11-6-8-13-7-4-5-12-13/h4-5,7,11H,6,8-9H2,1-3H3. The zero-order chi connectivity index (χ0) is 10.4. The molecule has 0 aromatic carbocycles. The third kappa shape index (κ3) is 3.89. The molecule has 1 heterocycles. The van der Waals surface area contributed by atoms with E-state index in [9.17, 15) is 0 Å². The minimum atomic E-state index is 0.0297. The zero-order valence-electron chi connectivity index (χ0n) is 9.16. The van der Waals surface area contributed by atoms with Crippen molar-refractivity contribution in [3.63, 3.8) is 0 Å². The number of rotatable bonds is 6. The molecule has 0 spiro atoms. The molecule has 1 aromatic heterocycles. The Morgan fingerprint density at radius 3 is 2.86 bits per heavy atom. The first-order valence-corrected chi connectivity index (χ1v) is 4.85. The predicted molar refractivity (Wildman–Crippen MR) is 56.2 cm³/mol. The van der Waals surface area contributed by atoms with E-state index < -0.39 is 0 Å². The molecule has 0 radical (unpaired) electrons. The maximum absolute atomic E-state index is 5.11. The van der Waals surface area contributed by atoms with Crippen LogP contribution in [-0.4, -0.2) is 35.6 Å². The highest BCUT2D eigenvalue weighted by Crippen LogP contribution is 2.01. The van der Waals surface area contributed by atoms with Gasteiger partial charge in [-0.2, -0.15) is 5.10 Å². The highest BCUT2D eigenvalue weighted by Gasteiger charge is 2.15. The van der Waals surface area contributed by atoms with Gasteiger partial charge in [-0.05, 0) is 19.9 Å². The van der Waals surface area contributed by atoms with Crippen molar-refractivity contribution in [2.75, 3.05) is 20.3 Å². The van der Waals surface area contributed by atoms with Crippen molar-refractivity contribution in [2.45, 2.75) is 25.9 Å². The van der Waals surface area contributed by atoms with Crippen LogP contribution in [-0.2, 0) is 11.3 Å². The number of nitrogens with one attached hydrogen (secondary N) is 1. The van der Waals surface area contributed by atoms with Crippen LogP contribution in [0.4, 0.5) is 0 Å². The monoisotopic (exact) mass is 197 g/mol. The molecule has 0 bridgehead atoms. The SMILES string of the molecule is COCC(C)(C)NCCn1cccn1. The molecule has 0 unspecified atom stereocenters. The van der Waals surface area contributed by atoms with Crippen LogP contribution in [0.2, 0.25) is 0 Å². The van der Waals surface area contributed by atoms with E-state index in [1.807, 2.05) is 16.9 Å². The lowest BCUT2D eigenvalue weighted by atomic mass is 10.1. The Balaban J connectivity index is 2.20. The van der Waals surface area contributed by atoms with Crippen molar-refractivity contribution in [2.24, 2.45) is 0 Å². The summed E-state index contributed by atoms with van der Waals surface area (Å²) in [5.74, 6) is 0. The number of methoxy groups -OCH3 is 1. The first-order valence-electron chi connectivity index (χ1n) is 4.85. The molecular weight excluding hydrogens is 178 g/mol. The van der Waals surface area contributed by atoms with E-state index >= 15 is 0 Å².